The second kappa shape index (κ2) is 6.59. The summed E-state index contributed by atoms with van der Waals surface area (Å²) in [4.78, 5) is 15.9. The summed E-state index contributed by atoms with van der Waals surface area (Å²) in [7, 11) is 0. The lowest BCUT2D eigenvalue weighted by Gasteiger charge is -2.21. The molecule has 0 aromatic carbocycles. The minimum Gasteiger partial charge on any atom is -0.444 e. The summed E-state index contributed by atoms with van der Waals surface area (Å²) in [5.74, 6) is 0. The lowest BCUT2D eigenvalue weighted by atomic mass is 10.2. The molecule has 112 valence electrons. The van der Waals surface area contributed by atoms with E-state index in [9.17, 15) is 4.79 Å². The summed E-state index contributed by atoms with van der Waals surface area (Å²) in [5.41, 5.74) is 2.45. The number of hydrogen-bond acceptors (Lipinski definition) is 4. The Labute approximate surface area is 121 Å². The lowest BCUT2D eigenvalue weighted by Crippen LogP contribution is -2.38. The molecule has 0 fully saturated rings. The Morgan fingerprint density at radius 1 is 1.35 bits per heavy atom. The molecule has 1 atom stereocenters. The molecule has 20 heavy (non-hydrogen) atoms. The highest BCUT2D eigenvalue weighted by atomic mass is 16.6. The van der Waals surface area contributed by atoms with Crippen molar-refractivity contribution >= 4 is 11.8 Å². The zero-order valence-corrected chi connectivity index (χ0v) is 13.2. The highest BCUT2D eigenvalue weighted by molar-refractivity contribution is 5.67. The van der Waals surface area contributed by atoms with E-state index in [0.29, 0.717) is 6.54 Å². The first-order valence-corrected chi connectivity index (χ1v) is 6.85. The lowest BCUT2D eigenvalue weighted by molar-refractivity contribution is 0.0526. The van der Waals surface area contributed by atoms with E-state index in [4.69, 9.17) is 4.74 Å². The van der Waals surface area contributed by atoms with Crippen LogP contribution in [-0.4, -0.2) is 29.3 Å². The number of carbonyl (C=O) groups is 1. The molecule has 1 rings (SSSR count). The molecule has 1 amide bonds. The fraction of sp³-hybridized carbons (Fsp3) is 0.600. The predicted octanol–water partition coefficient (Wildman–Crippen LogP) is 3.02. The third-order valence-electron chi connectivity index (χ3n) is 2.58. The van der Waals surface area contributed by atoms with Crippen molar-refractivity contribution in [1.29, 1.82) is 0 Å². The van der Waals surface area contributed by atoms with E-state index in [1.54, 1.807) is 0 Å². The maximum absolute atomic E-state index is 11.6. The van der Waals surface area contributed by atoms with Crippen LogP contribution >= 0.6 is 0 Å². The standard InChI is InChI=1S/C15H25N3O2/c1-10-7-8-13(12(3)17-10)18-11(2)9-16-14(19)20-15(4,5)6/h7-8,11,18H,9H2,1-6H3,(H,16,19). The Kier molecular flexibility index (Phi) is 5.36. The number of carbonyl (C=O) groups excluding carboxylic acids is 1. The van der Waals surface area contributed by atoms with Crippen LogP contribution in [0.25, 0.3) is 0 Å². The van der Waals surface area contributed by atoms with Gasteiger partial charge in [-0.15, -0.1) is 0 Å². The van der Waals surface area contributed by atoms with Crippen LogP contribution in [0.15, 0.2) is 12.1 Å². The van der Waals surface area contributed by atoms with Crippen LogP contribution in [-0.2, 0) is 4.74 Å². The topological polar surface area (TPSA) is 63.2 Å². The Morgan fingerprint density at radius 3 is 2.55 bits per heavy atom. The summed E-state index contributed by atoms with van der Waals surface area (Å²) < 4.78 is 5.19. The van der Waals surface area contributed by atoms with Crippen molar-refractivity contribution in [1.82, 2.24) is 10.3 Å². The average Bonchev–Trinajstić information content (AvgIpc) is 2.28. The van der Waals surface area contributed by atoms with Crippen molar-refractivity contribution in [3.63, 3.8) is 0 Å². The van der Waals surface area contributed by atoms with E-state index >= 15 is 0 Å². The van der Waals surface area contributed by atoms with Gasteiger partial charge in [-0.3, -0.25) is 4.98 Å². The first-order valence-electron chi connectivity index (χ1n) is 6.85. The van der Waals surface area contributed by atoms with Gasteiger partial charge in [0.25, 0.3) is 0 Å². The molecular formula is C15H25N3O2. The van der Waals surface area contributed by atoms with Crippen LogP contribution in [0.3, 0.4) is 0 Å². The van der Waals surface area contributed by atoms with Gasteiger partial charge in [0.2, 0.25) is 0 Å². The van der Waals surface area contributed by atoms with E-state index in [1.165, 1.54) is 0 Å². The van der Waals surface area contributed by atoms with Crippen molar-refractivity contribution in [3.05, 3.63) is 23.5 Å². The molecular weight excluding hydrogens is 254 g/mol. The van der Waals surface area contributed by atoms with Crippen LogP contribution in [0.5, 0.6) is 0 Å². The first-order chi connectivity index (χ1) is 9.17. The van der Waals surface area contributed by atoms with Crippen LogP contribution in [0.2, 0.25) is 0 Å². The number of hydrogen-bond donors (Lipinski definition) is 2. The van der Waals surface area contributed by atoms with E-state index in [1.807, 2.05) is 53.7 Å². The smallest absolute Gasteiger partial charge is 0.407 e. The minimum atomic E-state index is -0.474. The van der Waals surface area contributed by atoms with Crippen molar-refractivity contribution in [2.45, 2.75) is 53.2 Å². The van der Waals surface area contributed by atoms with Crippen LogP contribution in [0.1, 0.15) is 39.1 Å². The molecule has 0 radical (unpaired) electrons. The second-order valence-corrected chi connectivity index (χ2v) is 6.01. The molecule has 0 aliphatic rings. The first kappa shape index (κ1) is 16.3. The van der Waals surface area contributed by atoms with E-state index in [-0.39, 0.29) is 6.04 Å². The molecule has 1 heterocycles. The molecule has 5 nitrogen and oxygen atoms in total. The number of nitrogens with zero attached hydrogens (tertiary/aromatic N) is 1. The number of ether oxygens (including phenoxy) is 1. The molecule has 2 N–H and O–H groups in total. The van der Waals surface area contributed by atoms with Gasteiger partial charge in [-0.2, -0.15) is 0 Å². The summed E-state index contributed by atoms with van der Waals surface area (Å²) >= 11 is 0. The highest BCUT2D eigenvalue weighted by Crippen LogP contribution is 2.13. The SMILES string of the molecule is Cc1ccc(NC(C)CNC(=O)OC(C)(C)C)c(C)n1. The summed E-state index contributed by atoms with van der Waals surface area (Å²) in [6, 6.07) is 4.05. The molecule has 1 aromatic heterocycles. The fourth-order valence-electron chi connectivity index (χ4n) is 1.71. The third-order valence-corrected chi connectivity index (χ3v) is 2.58. The summed E-state index contributed by atoms with van der Waals surface area (Å²) in [6.07, 6.45) is -0.398. The van der Waals surface area contributed by atoms with Gasteiger partial charge in [-0.1, -0.05) is 0 Å². The Bertz CT molecular complexity index is 467. The molecule has 0 bridgehead atoms. The molecule has 1 aromatic rings. The van der Waals surface area contributed by atoms with Crippen molar-refractivity contribution in [2.24, 2.45) is 0 Å². The zero-order valence-electron chi connectivity index (χ0n) is 13.2. The maximum atomic E-state index is 11.6. The second-order valence-electron chi connectivity index (χ2n) is 6.01. The van der Waals surface area contributed by atoms with Crippen molar-refractivity contribution < 1.29 is 9.53 Å². The Balaban J connectivity index is 2.44. The molecule has 0 saturated carbocycles. The minimum absolute atomic E-state index is 0.0886. The van der Waals surface area contributed by atoms with E-state index in [2.05, 4.69) is 15.6 Å². The molecule has 0 aliphatic carbocycles. The highest BCUT2D eigenvalue weighted by Gasteiger charge is 2.16. The zero-order chi connectivity index (χ0) is 15.3. The van der Waals surface area contributed by atoms with Crippen molar-refractivity contribution in [2.75, 3.05) is 11.9 Å². The van der Waals surface area contributed by atoms with Gasteiger partial charge in [0.1, 0.15) is 5.60 Å². The van der Waals surface area contributed by atoms with Crippen molar-refractivity contribution in [3.8, 4) is 0 Å². The van der Waals surface area contributed by atoms with E-state index in [0.717, 1.165) is 17.1 Å². The monoisotopic (exact) mass is 279 g/mol. The van der Waals surface area contributed by atoms with Gasteiger partial charge in [-0.25, -0.2) is 4.79 Å². The molecule has 5 heteroatoms. The van der Waals surface area contributed by atoms with Gasteiger partial charge in [-0.05, 0) is 53.7 Å². The van der Waals surface area contributed by atoms with Gasteiger partial charge < -0.3 is 15.4 Å². The number of amides is 1. The number of anilines is 1. The summed E-state index contributed by atoms with van der Waals surface area (Å²) in [5, 5.41) is 6.07. The quantitative estimate of drug-likeness (QED) is 0.889. The molecule has 0 spiro atoms. The molecule has 0 saturated heterocycles. The predicted molar refractivity (Wildman–Crippen MR) is 81.0 cm³/mol. The number of alkyl carbamates (subject to hydrolysis) is 1. The van der Waals surface area contributed by atoms with Crippen LogP contribution < -0.4 is 10.6 Å². The van der Waals surface area contributed by atoms with Gasteiger partial charge >= 0.3 is 6.09 Å². The maximum Gasteiger partial charge on any atom is 0.407 e. The van der Waals surface area contributed by atoms with Crippen LogP contribution in [0.4, 0.5) is 10.5 Å². The summed E-state index contributed by atoms with van der Waals surface area (Å²) in [6.45, 7) is 11.9. The molecule has 0 aliphatic heterocycles. The van der Waals surface area contributed by atoms with Crippen LogP contribution in [0, 0.1) is 13.8 Å². The fourth-order valence-corrected chi connectivity index (χ4v) is 1.71. The number of aromatic nitrogens is 1. The van der Waals surface area contributed by atoms with E-state index < -0.39 is 11.7 Å². The number of rotatable bonds is 4. The number of nitrogens with one attached hydrogen (secondary N) is 2. The third kappa shape index (κ3) is 5.91. The normalized spacial score (nSPS) is 12.7. The van der Waals surface area contributed by atoms with Gasteiger partial charge in [0.05, 0.1) is 11.4 Å². The average molecular weight is 279 g/mol. The van der Waals surface area contributed by atoms with Gasteiger partial charge in [0.15, 0.2) is 0 Å². The Morgan fingerprint density at radius 2 is 2.00 bits per heavy atom. The number of pyridine rings is 1. The largest absolute Gasteiger partial charge is 0.444 e. The van der Waals surface area contributed by atoms with Gasteiger partial charge in [0, 0.05) is 18.3 Å². The Hall–Kier alpha value is -1.78. The molecule has 1 unspecified atom stereocenters. The number of aryl methyl sites for hydroxylation is 2.